The molecule has 2 heterocycles. The summed E-state index contributed by atoms with van der Waals surface area (Å²) in [6.07, 6.45) is 1.85. The molecular weight excluding hydrogens is 284 g/mol. The van der Waals surface area contributed by atoms with Crippen LogP contribution in [-0.4, -0.2) is 55.3 Å². The fraction of sp³-hybridized carbons (Fsp3) is 0.625. The van der Waals surface area contributed by atoms with E-state index in [1.807, 2.05) is 4.90 Å². The molecule has 6 nitrogen and oxygen atoms in total. The summed E-state index contributed by atoms with van der Waals surface area (Å²) in [4.78, 5) is 28.6. The molecule has 1 aromatic rings. The second-order valence-corrected chi connectivity index (χ2v) is 5.67. The minimum Gasteiger partial charge on any atom is -0.382 e. The van der Waals surface area contributed by atoms with Crippen molar-refractivity contribution < 1.29 is 14.3 Å². The van der Waals surface area contributed by atoms with Crippen LogP contribution in [0, 0.1) is 13.8 Å². The number of piperidine rings is 1. The number of nitrogens with one attached hydrogen (secondary N) is 1. The molecule has 1 amide bonds. The molecule has 0 spiro atoms. The predicted molar refractivity (Wildman–Crippen MR) is 83.3 cm³/mol. The molecule has 1 aromatic heterocycles. The number of hydrogen-bond donors (Lipinski definition) is 1. The van der Waals surface area contributed by atoms with Gasteiger partial charge in [0, 0.05) is 32.0 Å². The maximum absolute atomic E-state index is 12.7. The lowest BCUT2D eigenvalue weighted by Gasteiger charge is -2.32. The van der Waals surface area contributed by atoms with Crippen molar-refractivity contribution in [2.24, 2.45) is 0 Å². The van der Waals surface area contributed by atoms with Gasteiger partial charge >= 0.3 is 0 Å². The second kappa shape index (κ2) is 7.56. The van der Waals surface area contributed by atoms with E-state index in [1.54, 1.807) is 21.0 Å². The molecule has 0 atom stereocenters. The summed E-state index contributed by atoms with van der Waals surface area (Å²) in [5.74, 6) is -0.0124. The molecule has 0 radical (unpaired) electrons. The highest BCUT2D eigenvalue weighted by molar-refractivity contribution is 5.96. The van der Waals surface area contributed by atoms with Crippen LogP contribution in [0.15, 0.2) is 10.9 Å². The van der Waals surface area contributed by atoms with Gasteiger partial charge in [-0.3, -0.25) is 9.59 Å². The van der Waals surface area contributed by atoms with Crippen LogP contribution in [0.2, 0.25) is 0 Å². The standard InChI is InChI=1S/C16H24N2O4/c1-11-10-14(19)17-12(2)15(11)16(20)18-6-4-13(5-7-18)22-9-8-21-3/h10,13H,4-9H2,1-3H3,(H,17,19). The van der Waals surface area contributed by atoms with E-state index in [2.05, 4.69) is 4.98 Å². The van der Waals surface area contributed by atoms with Crippen LogP contribution in [0.5, 0.6) is 0 Å². The van der Waals surface area contributed by atoms with E-state index in [0.29, 0.717) is 37.6 Å². The van der Waals surface area contributed by atoms with E-state index in [0.717, 1.165) is 18.4 Å². The van der Waals surface area contributed by atoms with Gasteiger partial charge in [-0.15, -0.1) is 0 Å². The van der Waals surface area contributed by atoms with E-state index in [-0.39, 0.29) is 17.6 Å². The third-order valence-corrected chi connectivity index (χ3v) is 4.01. The van der Waals surface area contributed by atoms with Gasteiger partial charge in [0.05, 0.1) is 24.9 Å². The van der Waals surface area contributed by atoms with Gasteiger partial charge in [-0.05, 0) is 32.3 Å². The number of pyridine rings is 1. The lowest BCUT2D eigenvalue weighted by atomic mass is 10.0. The maximum Gasteiger partial charge on any atom is 0.255 e. The molecule has 6 heteroatoms. The van der Waals surface area contributed by atoms with Crippen molar-refractivity contribution in [2.75, 3.05) is 33.4 Å². The minimum absolute atomic E-state index is 0.0124. The molecule has 0 bridgehead atoms. The van der Waals surface area contributed by atoms with Crippen LogP contribution < -0.4 is 5.56 Å². The Bertz CT molecular complexity index is 548. The first-order chi connectivity index (χ1) is 10.5. The monoisotopic (exact) mass is 308 g/mol. The number of amides is 1. The number of hydrogen-bond acceptors (Lipinski definition) is 4. The smallest absolute Gasteiger partial charge is 0.255 e. The van der Waals surface area contributed by atoms with Gasteiger partial charge in [0.1, 0.15) is 0 Å². The number of methoxy groups -OCH3 is 1. The highest BCUT2D eigenvalue weighted by Crippen LogP contribution is 2.18. The van der Waals surface area contributed by atoms with Crippen LogP contribution >= 0.6 is 0 Å². The number of carbonyl (C=O) groups excluding carboxylic acids is 1. The zero-order valence-electron chi connectivity index (χ0n) is 13.5. The fourth-order valence-electron chi connectivity index (χ4n) is 2.86. The first-order valence-corrected chi connectivity index (χ1v) is 7.63. The SMILES string of the molecule is COCCOC1CCN(C(=O)c2c(C)cc(=O)[nH]c2C)CC1. The van der Waals surface area contributed by atoms with Crippen LogP contribution in [0.1, 0.15) is 34.5 Å². The van der Waals surface area contributed by atoms with Crippen LogP contribution in [-0.2, 0) is 9.47 Å². The molecule has 122 valence electrons. The summed E-state index contributed by atoms with van der Waals surface area (Å²) >= 11 is 0. The fourth-order valence-corrected chi connectivity index (χ4v) is 2.86. The van der Waals surface area contributed by atoms with E-state index in [4.69, 9.17) is 9.47 Å². The predicted octanol–water partition coefficient (Wildman–Crippen LogP) is 1.26. The Balaban J connectivity index is 1.97. The molecule has 2 rings (SSSR count). The van der Waals surface area contributed by atoms with E-state index in [9.17, 15) is 9.59 Å². The normalized spacial score (nSPS) is 16.0. The number of aromatic amines is 1. The van der Waals surface area contributed by atoms with Crippen molar-refractivity contribution in [2.45, 2.75) is 32.8 Å². The molecule has 0 saturated carbocycles. The molecule has 1 N–H and O–H groups in total. The summed E-state index contributed by atoms with van der Waals surface area (Å²) in [6, 6.07) is 1.47. The Morgan fingerprint density at radius 3 is 2.59 bits per heavy atom. The van der Waals surface area contributed by atoms with Crippen LogP contribution in [0.3, 0.4) is 0 Å². The van der Waals surface area contributed by atoms with Crippen molar-refractivity contribution >= 4 is 5.91 Å². The zero-order chi connectivity index (χ0) is 16.1. The summed E-state index contributed by atoms with van der Waals surface area (Å²) < 4.78 is 10.7. The summed E-state index contributed by atoms with van der Waals surface area (Å²) in [5.41, 5.74) is 1.80. The highest BCUT2D eigenvalue weighted by Gasteiger charge is 2.26. The topological polar surface area (TPSA) is 71.6 Å². The molecule has 1 fully saturated rings. The Labute approximate surface area is 130 Å². The van der Waals surface area contributed by atoms with E-state index >= 15 is 0 Å². The van der Waals surface area contributed by atoms with Gasteiger partial charge in [0.15, 0.2) is 0 Å². The average Bonchev–Trinajstić information content (AvgIpc) is 2.47. The largest absolute Gasteiger partial charge is 0.382 e. The molecule has 22 heavy (non-hydrogen) atoms. The van der Waals surface area contributed by atoms with Gasteiger partial charge in [-0.2, -0.15) is 0 Å². The molecule has 0 unspecified atom stereocenters. The number of aromatic nitrogens is 1. The third-order valence-electron chi connectivity index (χ3n) is 4.01. The summed E-state index contributed by atoms with van der Waals surface area (Å²) in [7, 11) is 1.65. The van der Waals surface area contributed by atoms with Crippen LogP contribution in [0.25, 0.3) is 0 Å². The van der Waals surface area contributed by atoms with Gasteiger partial charge in [0.25, 0.3) is 5.91 Å². The maximum atomic E-state index is 12.7. The molecular formula is C16H24N2O4. The first kappa shape index (κ1) is 16.7. The van der Waals surface area contributed by atoms with Crippen LogP contribution in [0.4, 0.5) is 0 Å². The van der Waals surface area contributed by atoms with Crippen molar-refractivity contribution in [3.63, 3.8) is 0 Å². The van der Waals surface area contributed by atoms with E-state index < -0.39 is 0 Å². The Hall–Kier alpha value is -1.66. The quantitative estimate of drug-likeness (QED) is 0.831. The van der Waals surface area contributed by atoms with Gasteiger partial charge < -0.3 is 19.4 Å². The third kappa shape index (κ3) is 3.96. The number of nitrogens with zero attached hydrogens (tertiary/aromatic N) is 1. The number of carbonyl (C=O) groups is 1. The molecule has 1 aliphatic heterocycles. The van der Waals surface area contributed by atoms with Crippen molar-refractivity contribution in [3.05, 3.63) is 33.2 Å². The summed E-state index contributed by atoms with van der Waals surface area (Å²) in [6.45, 7) is 6.10. The number of ether oxygens (including phenoxy) is 2. The molecule has 0 aliphatic carbocycles. The number of H-pyrrole nitrogens is 1. The Morgan fingerprint density at radius 1 is 1.32 bits per heavy atom. The van der Waals surface area contributed by atoms with Gasteiger partial charge in [-0.25, -0.2) is 0 Å². The summed E-state index contributed by atoms with van der Waals surface area (Å²) in [5, 5.41) is 0. The Morgan fingerprint density at radius 2 is 2.00 bits per heavy atom. The number of rotatable bonds is 5. The Kier molecular flexibility index (Phi) is 5.74. The lowest BCUT2D eigenvalue weighted by molar-refractivity contribution is -0.0123. The highest BCUT2D eigenvalue weighted by atomic mass is 16.5. The van der Waals surface area contributed by atoms with Crippen molar-refractivity contribution in [1.29, 1.82) is 0 Å². The first-order valence-electron chi connectivity index (χ1n) is 7.63. The number of aryl methyl sites for hydroxylation is 2. The second-order valence-electron chi connectivity index (χ2n) is 5.67. The molecule has 0 aromatic carbocycles. The molecule has 1 saturated heterocycles. The lowest BCUT2D eigenvalue weighted by Crippen LogP contribution is -2.41. The van der Waals surface area contributed by atoms with Crippen molar-refractivity contribution in [1.82, 2.24) is 9.88 Å². The number of likely N-dealkylation sites (tertiary alicyclic amines) is 1. The minimum atomic E-state index is -0.170. The van der Waals surface area contributed by atoms with Gasteiger partial charge in [0.2, 0.25) is 5.56 Å². The average molecular weight is 308 g/mol. The van der Waals surface area contributed by atoms with Gasteiger partial charge in [-0.1, -0.05) is 0 Å². The van der Waals surface area contributed by atoms with E-state index in [1.165, 1.54) is 6.07 Å². The van der Waals surface area contributed by atoms with Crippen molar-refractivity contribution in [3.8, 4) is 0 Å². The molecule has 1 aliphatic rings. The zero-order valence-corrected chi connectivity index (χ0v) is 13.5.